The Hall–Kier alpha value is -3.22. The highest BCUT2D eigenvalue weighted by atomic mass is 19.1. The van der Waals surface area contributed by atoms with E-state index in [2.05, 4.69) is 0 Å². The maximum atomic E-state index is 13.3. The van der Waals surface area contributed by atoms with E-state index in [1.807, 2.05) is 0 Å². The first-order valence-corrected chi connectivity index (χ1v) is 7.10. The normalized spacial score (nSPS) is 10.9. The van der Waals surface area contributed by atoms with Gasteiger partial charge in [0, 0.05) is 7.05 Å². The first kappa shape index (κ1) is 15.7. The van der Waals surface area contributed by atoms with E-state index in [1.165, 1.54) is 48.0 Å². The van der Waals surface area contributed by atoms with E-state index in [4.69, 9.17) is 5.11 Å². The van der Waals surface area contributed by atoms with Gasteiger partial charge in [-0.15, -0.1) is 0 Å². The molecule has 0 aliphatic heterocycles. The summed E-state index contributed by atoms with van der Waals surface area (Å²) in [6, 6.07) is 9.60. The molecule has 0 saturated heterocycles. The fourth-order valence-electron chi connectivity index (χ4n) is 2.61. The van der Waals surface area contributed by atoms with E-state index < -0.39 is 23.0 Å². The summed E-state index contributed by atoms with van der Waals surface area (Å²) in [6.07, 6.45) is 0. The fourth-order valence-corrected chi connectivity index (χ4v) is 2.61. The number of carbonyl (C=O) groups is 1. The summed E-state index contributed by atoms with van der Waals surface area (Å²) >= 11 is 0. The number of carboxylic acid groups (broad SMARTS) is 1. The van der Waals surface area contributed by atoms with Gasteiger partial charge in [-0.3, -0.25) is 13.9 Å². The van der Waals surface area contributed by atoms with Gasteiger partial charge in [0.15, 0.2) is 0 Å². The Kier molecular flexibility index (Phi) is 3.76. The molecule has 6 nitrogen and oxygen atoms in total. The van der Waals surface area contributed by atoms with E-state index >= 15 is 0 Å². The van der Waals surface area contributed by atoms with E-state index in [-0.39, 0.29) is 17.5 Å². The molecule has 0 unspecified atom stereocenters. The maximum absolute atomic E-state index is 13.3. The Morgan fingerprint density at radius 3 is 2.58 bits per heavy atom. The molecule has 24 heavy (non-hydrogen) atoms. The van der Waals surface area contributed by atoms with Crippen LogP contribution in [0.5, 0.6) is 0 Å². The van der Waals surface area contributed by atoms with E-state index in [0.29, 0.717) is 11.1 Å². The van der Waals surface area contributed by atoms with Crippen LogP contribution in [0.4, 0.5) is 4.39 Å². The number of aryl methyl sites for hydroxylation is 1. The molecule has 0 saturated carbocycles. The molecule has 0 aliphatic carbocycles. The van der Waals surface area contributed by atoms with Crippen LogP contribution >= 0.6 is 0 Å². The second-order valence-corrected chi connectivity index (χ2v) is 5.40. The number of aromatic carboxylic acids is 1. The zero-order chi connectivity index (χ0) is 17.4. The first-order valence-electron chi connectivity index (χ1n) is 7.10. The standard InChI is InChI=1S/C17H13FN2O4/c1-19-14-6-5-11(16(22)23)8-13(14)15(21)20(17(19)24)9-10-3-2-4-12(18)7-10/h2-8H,9H2,1H3,(H,22,23). The Morgan fingerprint density at radius 1 is 1.17 bits per heavy atom. The lowest BCUT2D eigenvalue weighted by Gasteiger charge is -2.11. The zero-order valence-corrected chi connectivity index (χ0v) is 12.7. The third-order valence-corrected chi connectivity index (χ3v) is 3.83. The van der Waals surface area contributed by atoms with Gasteiger partial charge in [-0.25, -0.2) is 14.0 Å². The third kappa shape index (κ3) is 2.60. The number of hydrogen-bond acceptors (Lipinski definition) is 3. The van der Waals surface area contributed by atoms with Crippen LogP contribution in [0.3, 0.4) is 0 Å². The molecule has 0 amide bonds. The Labute approximate surface area is 135 Å². The monoisotopic (exact) mass is 328 g/mol. The number of benzene rings is 2. The number of rotatable bonds is 3. The first-order chi connectivity index (χ1) is 11.4. The molecular formula is C17H13FN2O4. The number of hydrogen-bond donors (Lipinski definition) is 1. The average molecular weight is 328 g/mol. The van der Waals surface area contributed by atoms with Crippen molar-refractivity contribution in [3.63, 3.8) is 0 Å². The van der Waals surface area contributed by atoms with E-state index in [9.17, 15) is 18.8 Å². The molecule has 3 rings (SSSR count). The van der Waals surface area contributed by atoms with Gasteiger partial charge in [0.05, 0.1) is 23.0 Å². The number of aromatic nitrogens is 2. The van der Waals surface area contributed by atoms with Crippen molar-refractivity contribution in [1.29, 1.82) is 0 Å². The number of nitrogens with zero attached hydrogens (tertiary/aromatic N) is 2. The van der Waals surface area contributed by atoms with Crippen LogP contribution < -0.4 is 11.2 Å². The predicted molar refractivity (Wildman–Crippen MR) is 85.9 cm³/mol. The highest BCUT2D eigenvalue weighted by Crippen LogP contribution is 2.11. The van der Waals surface area contributed by atoms with Gasteiger partial charge in [-0.05, 0) is 35.9 Å². The minimum atomic E-state index is -1.16. The molecule has 0 radical (unpaired) electrons. The van der Waals surface area contributed by atoms with Gasteiger partial charge in [-0.2, -0.15) is 0 Å². The van der Waals surface area contributed by atoms with Gasteiger partial charge >= 0.3 is 11.7 Å². The molecule has 0 aliphatic rings. The lowest BCUT2D eigenvalue weighted by Crippen LogP contribution is -2.39. The lowest BCUT2D eigenvalue weighted by atomic mass is 10.1. The number of halogens is 1. The molecule has 0 atom stereocenters. The van der Waals surface area contributed by atoms with E-state index in [0.717, 1.165) is 4.57 Å². The van der Waals surface area contributed by atoms with Crippen molar-refractivity contribution in [1.82, 2.24) is 9.13 Å². The highest BCUT2D eigenvalue weighted by molar-refractivity contribution is 5.93. The number of carboxylic acids is 1. The third-order valence-electron chi connectivity index (χ3n) is 3.83. The molecule has 0 fully saturated rings. The lowest BCUT2D eigenvalue weighted by molar-refractivity contribution is 0.0697. The minimum Gasteiger partial charge on any atom is -0.478 e. The van der Waals surface area contributed by atoms with Crippen molar-refractivity contribution in [2.75, 3.05) is 0 Å². The Balaban J connectivity index is 2.26. The van der Waals surface area contributed by atoms with Crippen molar-refractivity contribution in [3.05, 3.63) is 80.2 Å². The van der Waals surface area contributed by atoms with Gasteiger partial charge < -0.3 is 5.11 Å². The summed E-state index contributed by atoms with van der Waals surface area (Å²) < 4.78 is 15.5. The van der Waals surface area contributed by atoms with Crippen LogP contribution in [0, 0.1) is 5.82 Å². The summed E-state index contributed by atoms with van der Waals surface area (Å²) in [4.78, 5) is 36.2. The van der Waals surface area contributed by atoms with Crippen LogP contribution in [0.15, 0.2) is 52.1 Å². The molecule has 2 aromatic carbocycles. The number of fused-ring (bicyclic) bond motifs is 1. The summed E-state index contributed by atoms with van der Waals surface area (Å²) in [5, 5.41) is 9.19. The van der Waals surface area contributed by atoms with Crippen molar-refractivity contribution < 1.29 is 14.3 Å². The van der Waals surface area contributed by atoms with Gasteiger partial charge in [0.2, 0.25) is 0 Å². The molecule has 0 spiro atoms. The van der Waals surface area contributed by atoms with Gasteiger partial charge in [-0.1, -0.05) is 12.1 Å². The predicted octanol–water partition coefficient (Wildman–Crippen LogP) is 1.59. The van der Waals surface area contributed by atoms with Crippen molar-refractivity contribution in [2.45, 2.75) is 6.54 Å². The highest BCUT2D eigenvalue weighted by Gasteiger charge is 2.14. The zero-order valence-electron chi connectivity index (χ0n) is 12.7. The van der Waals surface area contributed by atoms with Crippen LogP contribution in [-0.2, 0) is 13.6 Å². The molecule has 1 heterocycles. The summed E-state index contributed by atoms with van der Waals surface area (Å²) in [5.74, 6) is -1.63. The second-order valence-electron chi connectivity index (χ2n) is 5.40. The second kappa shape index (κ2) is 5.77. The molecule has 122 valence electrons. The van der Waals surface area contributed by atoms with Gasteiger partial charge in [0.1, 0.15) is 5.82 Å². The van der Waals surface area contributed by atoms with Crippen LogP contribution in [0.25, 0.3) is 10.9 Å². The van der Waals surface area contributed by atoms with Crippen LogP contribution in [-0.4, -0.2) is 20.2 Å². The van der Waals surface area contributed by atoms with E-state index in [1.54, 1.807) is 6.07 Å². The van der Waals surface area contributed by atoms with Crippen molar-refractivity contribution in [3.8, 4) is 0 Å². The fraction of sp³-hybridized carbons (Fsp3) is 0.118. The molecular weight excluding hydrogens is 315 g/mol. The molecule has 3 aromatic rings. The van der Waals surface area contributed by atoms with Crippen LogP contribution in [0.1, 0.15) is 15.9 Å². The quantitative estimate of drug-likeness (QED) is 0.791. The largest absolute Gasteiger partial charge is 0.478 e. The maximum Gasteiger partial charge on any atom is 0.335 e. The topological polar surface area (TPSA) is 81.3 Å². The average Bonchev–Trinajstić information content (AvgIpc) is 2.56. The minimum absolute atomic E-state index is 0.0458. The van der Waals surface area contributed by atoms with Crippen molar-refractivity contribution in [2.24, 2.45) is 7.05 Å². The van der Waals surface area contributed by atoms with Gasteiger partial charge in [0.25, 0.3) is 5.56 Å². The Morgan fingerprint density at radius 2 is 1.92 bits per heavy atom. The summed E-state index contributed by atoms with van der Waals surface area (Å²) in [7, 11) is 1.49. The molecule has 1 N–H and O–H groups in total. The molecule has 0 bridgehead atoms. The SMILES string of the molecule is Cn1c(=O)n(Cc2cccc(F)c2)c(=O)c2cc(C(=O)O)ccc21. The smallest absolute Gasteiger partial charge is 0.335 e. The molecule has 7 heteroatoms. The Bertz CT molecular complexity index is 1080. The molecule has 1 aromatic heterocycles. The van der Waals surface area contributed by atoms with Crippen molar-refractivity contribution >= 4 is 16.9 Å². The summed E-state index contributed by atoms with van der Waals surface area (Å²) in [6.45, 7) is -0.101. The summed E-state index contributed by atoms with van der Waals surface area (Å²) in [5.41, 5.74) is -0.413. The van der Waals surface area contributed by atoms with Crippen LogP contribution in [0.2, 0.25) is 0 Å².